The van der Waals surface area contributed by atoms with Crippen LogP contribution in [0.15, 0.2) is 17.2 Å². The Labute approximate surface area is 103 Å². The summed E-state index contributed by atoms with van der Waals surface area (Å²) < 4.78 is 1.49. The molecule has 1 unspecified atom stereocenters. The van der Waals surface area contributed by atoms with E-state index in [0.717, 1.165) is 0 Å². The largest absolute Gasteiger partial charge is 0.354 e. The molecule has 0 bridgehead atoms. The molecule has 1 saturated heterocycles. The van der Waals surface area contributed by atoms with Crippen LogP contribution in [-0.2, 0) is 16.1 Å². The number of aromatic nitrogens is 2. The summed E-state index contributed by atoms with van der Waals surface area (Å²) in [4.78, 5) is 38.4. The van der Waals surface area contributed by atoms with Crippen LogP contribution in [-0.4, -0.2) is 27.4 Å². The molecule has 0 radical (unpaired) electrons. The lowest BCUT2D eigenvalue weighted by molar-refractivity contribution is -0.133. The summed E-state index contributed by atoms with van der Waals surface area (Å²) in [6.07, 6.45) is 3.71. The summed E-state index contributed by atoms with van der Waals surface area (Å²) in [5, 5.41) is 5.01. The quantitative estimate of drug-likeness (QED) is 0.704. The predicted molar refractivity (Wildman–Crippen MR) is 64.0 cm³/mol. The maximum atomic E-state index is 11.9. The van der Waals surface area contributed by atoms with Crippen LogP contribution in [0.4, 0.5) is 5.82 Å². The number of nitrogens with one attached hydrogen (secondary N) is 2. The van der Waals surface area contributed by atoms with Gasteiger partial charge in [-0.25, -0.2) is 4.98 Å². The van der Waals surface area contributed by atoms with Crippen LogP contribution < -0.4 is 16.2 Å². The molecule has 1 aliphatic rings. The number of nitrogens with zero attached hydrogens (tertiary/aromatic N) is 2. The molecule has 7 nitrogen and oxygen atoms in total. The van der Waals surface area contributed by atoms with E-state index in [4.69, 9.17) is 0 Å². The highest BCUT2D eigenvalue weighted by Gasteiger charge is 2.27. The molecular weight excluding hydrogens is 236 g/mol. The number of hydrogen-bond donors (Lipinski definition) is 2. The molecule has 2 heterocycles. The van der Waals surface area contributed by atoms with Crippen LogP contribution >= 0.6 is 0 Å². The Kier molecular flexibility index (Phi) is 3.40. The molecule has 2 amide bonds. The van der Waals surface area contributed by atoms with E-state index in [2.05, 4.69) is 15.6 Å². The zero-order valence-electron chi connectivity index (χ0n) is 9.97. The molecule has 96 valence electrons. The monoisotopic (exact) mass is 250 g/mol. The van der Waals surface area contributed by atoms with Crippen molar-refractivity contribution in [2.45, 2.75) is 32.4 Å². The lowest BCUT2D eigenvalue weighted by Crippen LogP contribution is -2.48. The van der Waals surface area contributed by atoms with Crippen molar-refractivity contribution in [1.82, 2.24) is 14.9 Å². The Bertz CT molecular complexity index is 537. The average molecular weight is 250 g/mol. The third kappa shape index (κ3) is 2.39. The molecule has 1 atom stereocenters. The van der Waals surface area contributed by atoms with Gasteiger partial charge in [0.1, 0.15) is 6.04 Å². The Balaban J connectivity index is 2.17. The first-order valence-electron chi connectivity index (χ1n) is 5.77. The van der Waals surface area contributed by atoms with Gasteiger partial charge in [-0.15, -0.1) is 0 Å². The molecule has 0 aromatic carbocycles. The minimum atomic E-state index is -0.587. The summed E-state index contributed by atoms with van der Waals surface area (Å²) in [6, 6.07) is -0.587. The second kappa shape index (κ2) is 4.99. The van der Waals surface area contributed by atoms with Crippen LogP contribution in [0.2, 0.25) is 0 Å². The lowest BCUT2D eigenvalue weighted by atomic mass is 10.1. The third-order valence-corrected chi connectivity index (χ3v) is 2.80. The molecule has 1 aromatic rings. The topological polar surface area (TPSA) is 93.1 Å². The Hall–Kier alpha value is -2.18. The van der Waals surface area contributed by atoms with Crippen LogP contribution in [0.5, 0.6) is 0 Å². The minimum absolute atomic E-state index is 0.133. The van der Waals surface area contributed by atoms with Gasteiger partial charge in [-0.1, -0.05) is 0 Å². The predicted octanol–water partition coefficient (Wildman–Crippen LogP) is -0.520. The van der Waals surface area contributed by atoms with Crippen LogP contribution in [0.25, 0.3) is 0 Å². The lowest BCUT2D eigenvalue weighted by Gasteiger charge is -2.22. The number of imide groups is 1. The molecule has 0 aliphatic carbocycles. The summed E-state index contributed by atoms with van der Waals surface area (Å²) in [5.41, 5.74) is -0.273. The summed E-state index contributed by atoms with van der Waals surface area (Å²) in [7, 11) is 0. The second-order valence-corrected chi connectivity index (χ2v) is 4.02. The molecule has 0 saturated carbocycles. The van der Waals surface area contributed by atoms with Crippen molar-refractivity contribution in [3.05, 3.63) is 22.7 Å². The van der Waals surface area contributed by atoms with Gasteiger partial charge in [-0.2, -0.15) is 0 Å². The van der Waals surface area contributed by atoms with Crippen molar-refractivity contribution in [3.63, 3.8) is 0 Å². The number of piperidine rings is 1. The SMILES string of the molecule is CCn1ccnc(NC2CCC(=O)NC2=O)c1=O. The molecule has 2 rings (SSSR count). The number of rotatable bonds is 3. The Morgan fingerprint density at radius 1 is 1.50 bits per heavy atom. The molecule has 1 aliphatic heterocycles. The van der Waals surface area contributed by atoms with E-state index < -0.39 is 11.9 Å². The normalized spacial score (nSPS) is 19.5. The molecule has 7 heteroatoms. The van der Waals surface area contributed by atoms with Crippen LogP contribution in [0, 0.1) is 0 Å². The summed E-state index contributed by atoms with van der Waals surface area (Å²) in [6.45, 7) is 2.38. The van der Waals surface area contributed by atoms with Crippen molar-refractivity contribution in [3.8, 4) is 0 Å². The van der Waals surface area contributed by atoms with Gasteiger partial charge in [-0.05, 0) is 13.3 Å². The van der Waals surface area contributed by atoms with Crippen LogP contribution in [0.3, 0.4) is 0 Å². The van der Waals surface area contributed by atoms with Crippen molar-refractivity contribution < 1.29 is 9.59 Å². The van der Waals surface area contributed by atoms with Gasteiger partial charge < -0.3 is 9.88 Å². The van der Waals surface area contributed by atoms with E-state index in [1.165, 1.54) is 10.8 Å². The smallest absolute Gasteiger partial charge is 0.293 e. The molecular formula is C11H14N4O3. The number of carbonyl (C=O) groups is 2. The zero-order valence-corrected chi connectivity index (χ0v) is 9.97. The highest BCUT2D eigenvalue weighted by Crippen LogP contribution is 2.08. The Morgan fingerprint density at radius 2 is 2.28 bits per heavy atom. The van der Waals surface area contributed by atoms with Crippen molar-refractivity contribution in [2.75, 3.05) is 5.32 Å². The fourth-order valence-corrected chi connectivity index (χ4v) is 1.79. The van der Waals surface area contributed by atoms with Gasteiger partial charge in [0.25, 0.3) is 5.56 Å². The summed E-state index contributed by atoms with van der Waals surface area (Å²) >= 11 is 0. The van der Waals surface area contributed by atoms with Gasteiger partial charge in [0.2, 0.25) is 11.8 Å². The minimum Gasteiger partial charge on any atom is -0.354 e. The Morgan fingerprint density at radius 3 is 2.94 bits per heavy atom. The first kappa shape index (κ1) is 12.3. The highest BCUT2D eigenvalue weighted by atomic mass is 16.2. The average Bonchev–Trinajstić information content (AvgIpc) is 2.35. The van der Waals surface area contributed by atoms with Crippen molar-refractivity contribution in [1.29, 1.82) is 0 Å². The van der Waals surface area contributed by atoms with Gasteiger partial charge in [-0.3, -0.25) is 19.7 Å². The summed E-state index contributed by atoms with van der Waals surface area (Å²) in [5.74, 6) is -0.571. The van der Waals surface area contributed by atoms with E-state index in [1.807, 2.05) is 6.92 Å². The van der Waals surface area contributed by atoms with E-state index in [9.17, 15) is 14.4 Å². The van der Waals surface area contributed by atoms with Gasteiger partial charge in [0.15, 0.2) is 5.82 Å². The fourth-order valence-electron chi connectivity index (χ4n) is 1.79. The molecule has 18 heavy (non-hydrogen) atoms. The number of carbonyl (C=O) groups excluding carboxylic acids is 2. The van der Waals surface area contributed by atoms with E-state index >= 15 is 0 Å². The van der Waals surface area contributed by atoms with E-state index in [0.29, 0.717) is 13.0 Å². The van der Waals surface area contributed by atoms with Gasteiger partial charge >= 0.3 is 0 Å². The maximum absolute atomic E-state index is 11.9. The van der Waals surface area contributed by atoms with Crippen molar-refractivity contribution >= 4 is 17.6 Å². The number of amides is 2. The first-order chi connectivity index (χ1) is 8.61. The third-order valence-electron chi connectivity index (χ3n) is 2.80. The second-order valence-electron chi connectivity index (χ2n) is 4.02. The highest BCUT2D eigenvalue weighted by molar-refractivity contribution is 6.01. The van der Waals surface area contributed by atoms with Gasteiger partial charge in [0, 0.05) is 25.4 Å². The molecule has 1 fully saturated rings. The molecule has 2 N–H and O–H groups in total. The zero-order chi connectivity index (χ0) is 13.1. The molecule has 0 spiro atoms. The van der Waals surface area contributed by atoms with E-state index in [1.54, 1.807) is 6.20 Å². The van der Waals surface area contributed by atoms with E-state index in [-0.39, 0.29) is 23.7 Å². The van der Waals surface area contributed by atoms with Gasteiger partial charge in [0.05, 0.1) is 0 Å². The first-order valence-corrected chi connectivity index (χ1v) is 5.77. The maximum Gasteiger partial charge on any atom is 0.293 e. The number of anilines is 1. The van der Waals surface area contributed by atoms with Crippen LogP contribution in [0.1, 0.15) is 19.8 Å². The standard InChI is InChI=1S/C11H14N4O3/c1-2-15-6-5-12-9(11(15)18)13-7-3-4-8(16)14-10(7)17/h5-7H,2-4H2,1H3,(H,12,13)(H,14,16,17). The molecule has 1 aromatic heterocycles. The number of aryl methyl sites for hydroxylation is 1. The van der Waals surface area contributed by atoms with Crippen molar-refractivity contribution in [2.24, 2.45) is 0 Å². The fraction of sp³-hybridized carbons (Fsp3) is 0.455. The number of hydrogen-bond acceptors (Lipinski definition) is 5.